The summed E-state index contributed by atoms with van der Waals surface area (Å²) in [5.41, 5.74) is 9.67. The van der Waals surface area contributed by atoms with Crippen molar-refractivity contribution in [3.63, 3.8) is 0 Å². The van der Waals surface area contributed by atoms with E-state index in [0.717, 1.165) is 11.1 Å². The van der Waals surface area contributed by atoms with Crippen molar-refractivity contribution in [3.05, 3.63) is 65.7 Å². The average molecular weight is 420 g/mol. The number of hydrogen-bond donors (Lipinski definition) is 4. The van der Waals surface area contributed by atoms with Crippen molar-refractivity contribution in [3.8, 4) is 5.75 Å². The summed E-state index contributed by atoms with van der Waals surface area (Å²) in [5, 5.41) is 8.36. The molecule has 2 aromatic rings. The largest absolute Gasteiger partial charge is 0.508 e. The maximum absolute atomic E-state index is 13.1. The molecule has 0 saturated carbocycles. The lowest BCUT2D eigenvalue weighted by Gasteiger charge is -2.35. The molecule has 8 heteroatoms. The first-order valence-electron chi connectivity index (χ1n) is 9.61. The van der Waals surface area contributed by atoms with Gasteiger partial charge in [0.1, 0.15) is 5.75 Å². The Kier molecular flexibility index (Phi) is 7.99. The number of hydrogen-bond acceptors (Lipinski definition) is 5. The Morgan fingerprint density at radius 1 is 1.10 bits per heavy atom. The molecule has 2 rings (SSSR count). The lowest BCUT2D eigenvalue weighted by Crippen LogP contribution is -2.43. The molecule has 0 aliphatic rings. The van der Waals surface area contributed by atoms with Crippen LogP contribution in [0.4, 0.5) is 0 Å². The van der Waals surface area contributed by atoms with Gasteiger partial charge in [0, 0.05) is 0 Å². The molecule has 0 fully saturated rings. The lowest BCUT2D eigenvalue weighted by atomic mass is 9.93. The smallest absolute Gasteiger partial charge is 0.355 e. The molecule has 158 valence electrons. The van der Waals surface area contributed by atoms with Crippen LogP contribution in [0.3, 0.4) is 0 Å². The summed E-state index contributed by atoms with van der Waals surface area (Å²) in [6, 6.07) is 14.8. The standard InChI is InChI=1S/C21H29N2O5P/c1-3-21(4-2,15-17-10-12-18(24)13-11-17)29(26,27)28-23-20(25)19(22)14-16-8-6-5-7-9-16/h5-13,19,24H,3-4,14-15,22H2,1-2H3,(H,23,25)(H,26,27)/t19-/m0/s1. The number of nitrogens with two attached hydrogens (primary N) is 1. The highest BCUT2D eigenvalue weighted by Gasteiger charge is 2.47. The number of phenolic OH excluding ortho intramolecular Hbond substituents is 1. The van der Waals surface area contributed by atoms with Crippen LogP contribution in [0.1, 0.15) is 37.8 Å². The van der Waals surface area contributed by atoms with E-state index in [2.05, 4.69) is 5.48 Å². The van der Waals surface area contributed by atoms with Crippen LogP contribution in [0.2, 0.25) is 0 Å². The molecule has 7 nitrogen and oxygen atoms in total. The van der Waals surface area contributed by atoms with Gasteiger partial charge in [0.05, 0.1) is 11.2 Å². The molecule has 0 aromatic heterocycles. The predicted molar refractivity (Wildman–Crippen MR) is 112 cm³/mol. The molecule has 0 heterocycles. The topological polar surface area (TPSA) is 122 Å². The number of hydroxylamine groups is 1. The number of carbonyl (C=O) groups excluding carboxylic acids is 1. The molecular weight excluding hydrogens is 391 g/mol. The third-order valence-electron chi connectivity index (χ3n) is 5.29. The van der Waals surface area contributed by atoms with Crippen molar-refractivity contribution in [2.24, 2.45) is 5.73 Å². The minimum atomic E-state index is -4.24. The van der Waals surface area contributed by atoms with Gasteiger partial charge in [-0.1, -0.05) is 56.3 Å². The van der Waals surface area contributed by atoms with E-state index in [-0.39, 0.29) is 18.6 Å². The molecule has 0 bridgehead atoms. The zero-order valence-electron chi connectivity index (χ0n) is 16.7. The highest BCUT2D eigenvalue weighted by Crippen LogP contribution is 2.59. The van der Waals surface area contributed by atoms with Crippen molar-refractivity contribution in [2.75, 3.05) is 0 Å². The molecule has 0 spiro atoms. The molecule has 2 aromatic carbocycles. The molecule has 5 N–H and O–H groups in total. The quantitative estimate of drug-likeness (QED) is 0.346. The van der Waals surface area contributed by atoms with Crippen LogP contribution < -0.4 is 11.2 Å². The summed E-state index contributed by atoms with van der Waals surface area (Å²) < 4.78 is 18.2. The van der Waals surface area contributed by atoms with E-state index in [1.54, 1.807) is 26.0 Å². The van der Waals surface area contributed by atoms with Gasteiger partial charge in [0.15, 0.2) is 0 Å². The zero-order valence-corrected chi connectivity index (χ0v) is 17.6. The monoisotopic (exact) mass is 420 g/mol. The minimum absolute atomic E-state index is 0.121. The number of amides is 1. The van der Waals surface area contributed by atoms with E-state index in [9.17, 15) is 19.4 Å². The van der Waals surface area contributed by atoms with Crippen molar-refractivity contribution in [1.29, 1.82) is 0 Å². The van der Waals surface area contributed by atoms with Gasteiger partial charge < -0.3 is 15.7 Å². The van der Waals surface area contributed by atoms with Gasteiger partial charge in [-0.2, -0.15) is 4.62 Å². The fourth-order valence-corrected chi connectivity index (χ4v) is 4.82. The third kappa shape index (κ3) is 5.90. The Morgan fingerprint density at radius 3 is 2.24 bits per heavy atom. The lowest BCUT2D eigenvalue weighted by molar-refractivity contribution is -0.129. The van der Waals surface area contributed by atoms with E-state index < -0.39 is 24.7 Å². The SMILES string of the molecule is CCC(CC)(Cc1ccc(O)cc1)P(=O)(O)ONC(=O)[C@@H](N)Cc1ccccc1. The van der Waals surface area contributed by atoms with Crippen LogP contribution in [-0.2, 0) is 26.8 Å². The highest BCUT2D eigenvalue weighted by molar-refractivity contribution is 7.54. The van der Waals surface area contributed by atoms with Crippen LogP contribution in [-0.4, -0.2) is 27.1 Å². The molecule has 0 aliphatic carbocycles. The van der Waals surface area contributed by atoms with Crippen LogP contribution in [0, 0.1) is 0 Å². The minimum Gasteiger partial charge on any atom is -0.508 e. The summed E-state index contributed by atoms with van der Waals surface area (Å²) in [5.74, 6) is -0.538. The van der Waals surface area contributed by atoms with Crippen molar-refractivity contribution in [1.82, 2.24) is 5.48 Å². The number of phenols is 1. The van der Waals surface area contributed by atoms with E-state index in [1.165, 1.54) is 12.1 Å². The van der Waals surface area contributed by atoms with Crippen molar-refractivity contribution < 1.29 is 24.0 Å². The van der Waals surface area contributed by atoms with E-state index in [4.69, 9.17) is 10.4 Å². The first kappa shape index (κ1) is 23.1. The molecule has 0 saturated heterocycles. The summed E-state index contributed by atoms with van der Waals surface area (Å²) in [6.07, 6.45) is 1.28. The Labute approximate surface area is 171 Å². The number of benzene rings is 2. The van der Waals surface area contributed by atoms with Gasteiger partial charge in [-0.15, -0.1) is 0 Å². The molecule has 0 radical (unpaired) electrons. The first-order valence-corrected chi connectivity index (χ1v) is 11.2. The molecule has 2 atom stereocenters. The van der Waals surface area contributed by atoms with Gasteiger partial charge in [0.2, 0.25) is 0 Å². The van der Waals surface area contributed by atoms with Crippen LogP contribution in [0.25, 0.3) is 0 Å². The van der Waals surface area contributed by atoms with Crippen molar-refractivity contribution in [2.45, 2.75) is 50.7 Å². The zero-order chi connectivity index (χ0) is 21.5. The number of nitrogens with one attached hydrogen (secondary N) is 1. The molecule has 1 amide bonds. The Balaban J connectivity index is 2.06. The van der Waals surface area contributed by atoms with Crippen LogP contribution in [0.15, 0.2) is 54.6 Å². The fourth-order valence-electron chi connectivity index (χ4n) is 3.23. The van der Waals surface area contributed by atoms with E-state index in [0.29, 0.717) is 12.8 Å². The van der Waals surface area contributed by atoms with E-state index >= 15 is 0 Å². The first-order chi connectivity index (χ1) is 13.7. The highest BCUT2D eigenvalue weighted by atomic mass is 31.2. The summed E-state index contributed by atoms with van der Waals surface area (Å²) in [7, 11) is -4.24. The number of carbonyl (C=O) groups is 1. The molecule has 29 heavy (non-hydrogen) atoms. The second-order valence-corrected chi connectivity index (χ2v) is 9.32. The molecule has 0 aliphatic heterocycles. The Bertz CT molecular complexity index is 838. The van der Waals surface area contributed by atoms with Gasteiger partial charge in [0.25, 0.3) is 5.91 Å². The van der Waals surface area contributed by atoms with Gasteiger partial charge in [-0.25, -0.2) is 5.48 Å². The molecular formula is C21H29N2O5P. The third-order valence-corrected chi connectivity index (χ3v) is 7.62. The van der Waals surface area contributed by atoms with Gasteiger partial charge in [-0.3, -0.25) is 9.36 Å². The number of rotatable bonds is 10. The normalized spacial score (nSPS) is 14.8. The van der Waals surface area contributed by atoms with Gasteiger partial charge >= 0.3 is 7.60 Å². The second-order valence-electron chi connectivity index (χ2n) is 7.15. The van der Waals surface area contributed by atoms with Crippen molar-refractivity contribution >= 4 is 13.5 Å². The van der Waals surface area contributed by atoms with Crippen LogP contribution >= 0.6 is 7.60 Å². The van der Waals surface area contributed by atoms with Gasteiger partial charge in [-0.05, 0) is 48.9 Å². The Hall–Kier alpha value is -2.18. The average Bonchev–Trinajstić information content (AvgIpc) is 2.72. The maximum atomic E-state index is 13.1. The predicted octanol–water partition coefficient (Wildman–Crippen LogP) is 3.30. The summed E-state index contributed by atoms with van der Waals surface area (Å²) in [6.45, 7) is 3.61. The number of aromatic hydroxyl groups is 1. The summed E-state index contributed by atoms with van der Waals surface area (Å²) >= 11 is 0. The maximum Gasteiger partial charge on any atom is 0.355 e. The Morgan fingerprint density at radius 2 is 1.69 bits per heavy atom. The fraction of sp³-hybridized carbons (Fsp3) is 0.381. The second kappa shape index (κ2) is 10.0. The van der Waals surface area contributed by atoms with Crippen LogP contribution in [0.5, 0.6) is 5.75 Å². The summed E-state index contributed by atoms with van der Waals surface area (Å²) in [4.78, 5) is 23.0. The van der Waals surface area contributed by atoms with E-state index in [1.807, 2.05) is 30.3 Å². The molecule has 1 unspecified atom stereocenters.